The molecule has 0 aromatic heterocycles. The molecule has 1 aromatic carbocycles. The lowest BCUT2D eigenvalue weighted by molar-refractivity contribution is 0.0707. The Balaban J connectivity index is 1.55. The number of benzene rings is 1. The normalized spacial score (nSPS) is 24.8. The van der Waals surface area contributed by atoms with Crippen molar-refractivity contribution in [3.05, 3.63) is 29.3 Å². The van der Waals surface area contributed by atoms with Gasteiger partial charge in [-0.05, 0) is 57.0 Å². The van der Waals surface area contributed by atoms with Crippen LogP contribution in [0.3, 0.4) is 0 Å². The molecule has 0 spiro atoms. The molecule has 8 nitrogen and oxygen atoms in total. The van der Waals surface area contributed by atoms with Crippen molar-refractivity contribution in [1.82, 2.24) is 14.9 Å². The number of nitrogens with one attached hydrogen (secondary N) is 2. The van der Waals surface area contributed by atoms with Crippen LogP contribution in [-0.2, 0) is 14.8 Å². The summed E-state index contributed by atoms with van der Waals surface area (Å²) in [6.45, 7) is 2.29. The van der Waals surface area contributed by atoms with Gasteiger partial charge in [0.1, 0.15) is 4.90 Å². The highest BCUT2D eigenvalue weighted by atomic mass is 32.2. The van der Waals surface area contributed by atoms with Gasteiger partial charge in [0.25, 0.3) is 21.8 Å². The highest BCUT2D eigenvalue weighted by Crippen LogP contribution is 2.32. The van der Waals surface area contributed by atoms with E-state index in [1.165, 1.54) is 18.2 Å². The van der Waals surface area contributed by atoms with Crippen molar-refractivity contribution in [1.29, 1.82) is 0 Å². The Kier molecular flexibility index (Phi) is 4.92. The molecule has 4 rings (SSSR count). The minimum Gasteiger partial charge on any atom is -0.376 e. The van der Waals surface area contributed by atoms with Gasteiger partial charge in [0.15, 0.2) is 0 Å². The zero-order chi connectivity index (χ0) is 19.0. The topological polar surface area (TPSA) is 105 Å². The van der Waals surface area contributed by atoms with E-state index in [4.69, 9.17) is 4.74 Å². The van der Waals surface area contributed by atoms with Crippen LogP contribution in [0, 0.1) is 0 Å². The van der Waals surface area contributed by atoms with Crippen LogP contribution in [0.4, 0.5) is 0 Å². The van der Waals surface area contributed by atoms with E-state index >= 15 is 0 Å². The zero-order valence-electron chi connectivity index (χ0n) is 14.9. The van der Waals surface area contributed by atoms with E-state index in [-0.39, 0.29) is 40.6 Å². The quantitative estimate of drug-likeness (QED) is 0.772. The van der Waals surface area contributed by atoms with Gasteiger partial charge in [-0.2, -0.15) is 0 Å². The fourth-order valence-electron chi connectivity index (χ4n) is 3.81. The van der Waals surface area contributed by atoms with Crippen molar-refractivity contribution < 1.29 is 22.7 Å². The van der Waals surface area contributed by atoms with Gasteiger partial charge < -0.3 is 15.4 Å². The monoisotopic (exact) mass is 393 g/mol. The number of carbonyl (C=O) groups is 2. The van der Waals surface area contributed by atoms with Gasteiger partial charge in [0.2, 0.25) is 0 Å². The zero-order valence-corrected chi connectivity index (χ0v) is 15.8. The molecule has 1 unspecified atom stereocenters. The second-order valence-electron chi connectivity index (χ2n) is 7.18. The summed E-state index contributed by atoms with van der Waals surface area (Å²) in [5.74, 6) is -0.865. The van der Waals surface area contributed by atoms with Gasteiger partial charge in [0, 0.05) is 18.2 Å². The molecule has 0 bridgehead atoms. The Morgan fingerprint density at radius 2 is 2.04 bits per heavy atom. The van der Waals surface area contributed by atoms with Crippen molar-refractivity contribution >= 4 is 21.8 Å². The summed E-state index contributed by atoms with van der Waals surface area (Å²) < 4.78 is 32.1. The van der Waals surface area contributed by atoms with E-state index in [9.17, 15) is 18.0 Å². The Bertz CT molecular complexity index is 858. The molecule has 2 amide bonds. The number of ether oxygens (including phenoxy) is 1. The number of fused-ring (bicyclic) bond motifs is 1. The van der Waals surface area contributed by atoms with Crippen LogP contribution in [0.2, 0.25) is 0 Å². The smallest absolute Gasteiger partial charge is 0.269 e. The fourth-order valence-corrected chi connectivity index (χ4v) is 5.43. The number of rotatable bonds is 4. The van der Waals surface area contributed by atoms with E-state index in [1.807, 2.05) is 0 Å². The minimum atomic E-state index is -3.96. The van der Waals surface area contributed by atoms with Gasteiger partial charge in [-0.1, -0.05) is 0 Å². The van der Waals surface area contributed by atoms with Crippen molar-refractivity contribution in [2.45, 2.75) is 42.7 Å². The predicted molar refractivity (Wildman–Crippen MR) is 97.0 cm³/mol. The Morgan fingerprint density at radius 3 is 2.74 bits per heavy atom. The molecule has 3 aliphatic heterocycles. The van der Waals surface area contributed by atoms with Crippen LogP contribution in [0.1, 0.15) is 46.4 Å². The van der Waals surface area contributed by atoms with Crippen LogP contribution >= 0.6 is 0 Å². The molecule has 0 radical (unpaired) electrons. The molecule has 27 heavy (non-hydrogen) atoms. The second-order valence-corrected chi connectivity index (χ2v) is 9.02. The first-order valence-corrected chi connectivity index (χ1v) is 10.7. The highest BCUT2D eigenvalue weighted by Gasteiger charge is 2.43. The van der Waals surface area contributed by atoms with Gasteiger partial charge in [-0.15, -0.1) is 0 Å². The molecule has 2 fully saturated rings. The molecule has 0 saturated carbocycles. The average molecular weight is 393 g/mol. The summed E-state index contributed by atoms with van der Waals surface area (Å²) in [5, 5.41) is 6.17. The fraction of sp³-hybridized carbons (Fsp3) is 0.556. The van der Waals surface area contributed by atoms with E-state index in [1.54, 1.807) is 0 Å². The lowest BCUT2D eigenvalue weighted by Crippen LogP contribution is -2.42. The summed E-state index contributed by atoms with van der Waals surface area (Å²) in [6.07, 6.45) is 3.01. The predicted octanol–water partition coefficient (Wildman–Crippen LogP) is 0.492. The van der Waals surface area contributed by atoms with Crippen LogP contribution in [0.25, 0.3) is 0 Å². The molecule has 1 aromatic rings. The molecule has 3 aliphatic rings. The third-order valence-corrected chi connectivity index (χ3v) is 7.13. The first-order chi connectivity index (χ1) is 13.0. The molecule has 2 N–H and O–H groups in total. The third kappa shape index (κ3) is 3.46. The summed E-state index contributed by atoms with van der Waals surface area (Å²) in [4.78, 5) is 25.0. The first kappa shape index (κ1) is 18.4. The molecular weight excluding hydrogens is 370 g/mol. The maximum atomic E-state index is 12.9. The Hall–Kier alpha value is -1.97. The minimum absolute atomic E-state index is 0.0203. The number of hydrogen-bond donors (Lipinski definition) is 2. The van der Waals surface area contributed by atoms with Crippen LogP contribution in [0.5, 0.6) is 0 Å². The van der Waals surface area contributed by atoms with Crippen molar-refractivity contribution in [3.8, 4) is 0 Å². The van der Waals surface area contributed by atoms with Gasteiger partial charge in [-0.3, -0.25) is 9.59 Å². The largest absolute Gasteiger partial charge is 0.376 e. The molecule has 1 atom stereocenters. The Morgan fingerprint density at radius 1 is 1.26 bits per heavy atom. The van der Waals surface area contributed by atoms with Crippen molar-refractivity contribution in [3.63, 3.8) is 0 Å². The third-order valence-electron chi connectivity index (χ3n) is 5.34. The summed E-state index contributed by atoms with van der Waals surface area (Å²) in [6, 6.07) is 4.33. The SMILES string of the molecule is O=C(NC1CCNCC1)c1ccc2c(c1)S(=O)(=O)N(CC1CCCO1)C2=O. The molecule has 146 valence electrons. The lowest BCUT2D eigenvalue weighted by Gasteiger charge is -2.23. The number of carbonyl (C=O) groups excluding carboxylic acids is 2. The average Bonchev–Trinajstić information content (AvgIpc) is 3.24. The molecule has 3 heterocycles. The first-order valence-electron chi connectivity index (χ1n) is 9.31. The van der Waals surface area contributed by atoms with Crippen LogP contribution < -0.4 is 10.6 Å². The molecule has 9 heteroatoms. The number of amides is 2. The summed E-state index contributed by atoms with van der Waals surface area (Å²) >= 11 is 0. The number of sulfonamides is 1. The maximum absolute atomic E-state index is 12.9. The molecule has 0 aliphatic carbocycles. The van der Waals surface area contributed by atoms with Crippen molar-refractivity contribution in [2.75, 3.05) is 26.2 Å². The van der Waals surface area contributed by atoms with E-state index in [0.29, 0.717) is 6.61 Å². The second kappa shape index (κ2) is 7.21. The van der Waals surface area contributed by atoms with E-state index < -0.39 is 15.9 Å². The standard InChI is InChI=1S/C18H23N3O5S/c22-17(20-13-5-7-19-8-6-13)12-3-4-15-16(10-12)27(24,25)21(18(15)23)11-14-2-1-9-26-14/h3-4,10,13-14,19H,1-2,5-9,11H2,(H,20,22). The Labute approximate surface area is 158 Å². The van der Waals surface area contributed by atoms with E-state index in [0.717, 1.165) is 43.1 Å². The van der Waals surface area contributed by atoms with Gasteiger partial charge >= 0.3 is 0 Å². The van der Waals surface area contributed by atoms with Gasteiger partial charge in [-0.25, -0.2) is 12.7 Å². The molecule has 2 saturated heterocycles. The summed E-state index contributed by atoms with van der Waals surface area (Å²) in [7, 11) is -3.96. The highest BCUT2D eigenvalue weighted by molar-refractivity contribution is 7.90. The van der Waals surface area contributed by atoms with Gasteiger partial charge in [0.05, 0.1) is 18.2 Å². The van der Waals surface area contributed by atoms with Crippen LogP contribution in [-0.4, -0.2) is 62.9 Å². The lowest BCUT2D eigenvalue weighted by atomic mass is 10.1. The van der Waals surface area contributed by atoms with E-state index in [2.05, 4.69) is 10.6 Å². The number of piperidine rings is 1. The maximum Gasteiger partial charge on any atom is 0.269 e. The number of hydrogen-bond acceptors (Lipinski definition) is 6. The van der Waals surface area contributed by atoms with Crippen molar-refractivity contribution in [2.24, 2.45) is 0 Å². The number of nitrogens with zero attached hydrogens (tertiary/aromatic N) is 1. The summed E-state index contributed by atoms with van der Waals surface area (Å²) in [5.41, 5.74) is 0.369. The molecular formula is C18H23N3O5S. The van der Waals surface area contributed by atoms with Crippen LogP contribution in [0.15, 0.2) is 23.1 Å².